The van der Waals surface area contributed by atoms with Crippen LogP contribution in [0.25, 0.3) is 11.2 Å². The van der Waals surface area contributed by atoms with Gasteiger partial charge in [-0.3, -0.25) is 18.7 Å². The minimum Gasteiger partial charge on any atom is -0.352 e. The van der Waals surface area contributed by atoms with Crippen LogP contribution in [0.15, 0.2) is 41.2 Å². The molecule has 0 unspecified atom stereocenters. The van der Waals surface area contributed by atoms with Crippen LogP contribution in [0.2, 0.25) is 0 Å². The zero-order chi connectivity index (χ0) is 20.3. The summed E-state index contributed by atoms with van der Waals surface area (Å²) < 4.78 is 2.91. The summed E-state index contributed by atoms with van der Waals surface area (Å²) in [6.07, 6.45) is 0.136. The lowest BCUT2D eigenvalue weighted by Crippen LogP contribution is -2.24. The lowest BCUT2D eigenvalue weighted by Gasteiger charge is -2.07. The first-order valence-corrected chi connectivity index (χ1v) is 8.99. The average Bonchev–Trinajstić information content (AvgIpc) is 2.90. The number of nitrogens with zero attached hydrogens (tertiary/aromatic N) is 3. The van der Waals surface area contributed by atoms with Crippen molar-refractivity contribution < 1.29 is 9.59 Å². The molecule has 0 aliphatic heterocycles. The second-order valence-electron chi connectivity index (χ2n) is 6.75. The lowest BCUT2D eigenvalue weighted by molar-refractivity contribution is -0.124. The largest absolute Gasteiger partial charge is 0.352 e. The molecule has 146 valence electrons. The van der Waals surface area contributed by atoms with Gasteiger partial charge in [0.1, 0.15) is 5.82 Å². The van der Waals surface area contributed by atoms with Crippen LogP contribution in [0.3, 0.4) is 0 Å². The van der Waals surface area contributed by atoms with Gasteiger partial charge in [0, 0.05) is 33.5 Å². The molecule has 28 heavy (non-hydrogen) atoms. The normalized spacial score (nSPS) is 10.8. The zero-order valence-electron chi connectivity index (χ0n) is 16.2. The Balaban J connectivity index is 1.52. The average molecular weight is 381 g/mol. The van der Waals surface area contributed by atoms with Crippen molar-refractivity contribution in [2.24, 2.45) is 14.1 Å². The van der Waals surface area contributed by atoms with Crippen LogP contribution in [0.1, 0.15) is 24.0 Å². The van der Waals surface area contributed by atoms with Crippen LogP contribution in [-0.2, 0) is 30.2 Å². The summed E-state index contributed by atoms with van der Waals surface area (Å²) in [7, 11) is 3.29. The number of fused-ring (bicyclic) bond motifs is 1. The van der Waals surface area contributed by atoms with E-state index in [9.17, 15) is 14.4 Å². The number of amides is 2. The molecule has 0 aliphatic carbocycles. The van der Waals surface area contributed by atoms with Gasteiger partial charge in [0.15, 0.2) is 5.65 Å². The number of pyridine rings is 1. The Bertz CT molecular complexity index is 1080. The van der Waals surface area contributed by atoms with Crippen LogP contribution >= 0.6 is 0 Å². The van der Waals surface area contributed by atoms with Crippen molar-refractivity contribution in [1.29, 1.82) is 0 Å². The Morgan fingerprint density at radius 1 is 0.964 bits per heavy atom. The monoisotopic (exact) mass is 381 g/mol. The smallest absolute Gasteiger partial charge is 0.329 e. The van der Waals surface area contributed by atoms with E-state index >= 15 is 0 Å². The Kier molecular flexibility index (Phi) is 5.58. The zero-order valence-corrected chi connectivity index (χ0v) is 16.2. The maximum Gasteiger partial charge on any atom is 0.329 e. The van der Waals surface area contributed by atoms with Crippen molar-refractivity contribution in [3.05, 3.63) is 58.0 Å². The Labute approximate surface area is 162 Å². The van der Waals surface area contributed by atoms with Gasteiger partial charge in [-0.05, 0) is 24.6 Å². The Hall–Kier alpha value is -3.42. The third-order valence-corrected chi connectivity index (χ3v) is 4.56. The SMILES string of the molecule is Cc1ccc(CNC(=O)CCC(=O)Nc2ccc3c(n2)n(C)c(=O)n3C)cc1. The van der Waals surface area contributed by atoms with Gasteiger partial charge in [0.25, 0.3) is 0 Å². The number of hydrogen-bond donors (Lipinski definition) is 2. The number of anilines is 1. The number of rotatable bonds is 6. The first kappa shape index (κ1) is 19.3. The van der Waals surface area contributed by atoms with E-state index in [1.165, 1.54) is 9.13 Å². The molecule has 0 bridgehead atoms. The van der Waals surface area contributed by atoms with E-state index in [4.69, 9.17) is 0 Å². The number of aryl methyl sites for hydroxylation is 3. The predicted octanol–water partition coefficient (Wildman–Crippen LogP) is 1.62. The van der Waals surface area contributed by atoms with Crippen LogP contribution in [0, 0.1) is 6.92 Å². The summed E-state index contributed by atoms with van der Waals surface area (Å²) in [6, 6.07) is 11.3. The standard InChI is InChI=1S/C20H23N5O3/c1-13-4-6-14(7-5-13)12-21-17(26)10-11-18(27)22-16-9-8-15-19(23-16)25(3)20(28)24(15)2/h4-9H,10-12H2,1-3H3,(H,21,26)(H,22,23,27). The maximum atomic E-state index is 12.1. The van der Waals surface area contributed by atoms with E-state index < -0.39 is 0 Å². The quantitative estimate of drug-likeness (QED) is 0.678. The topological polar surface area (TPSA) is 98.0 Å². The van der Waals surface area contributed by atoms with Gasteiger partial charge in [-0.1, -0.05) is 29.8 Å². The number of aromatic nitrogens is 3. The fourth-order valence-electron chi connectivity index (χ4n) is 2.87. The molecule has 2 heterocycles. The predicted molar refractivity (Wildman–Crippen MR) is 107 cm³/mol. The van der Waals surface area contributed by atoms with Crippen molar-refractivity contribution in [3.63, 3.8) is 0 Å². The van der Waals surface area contributed by atoms with Gasteiger partial charge in [-0.25, -0.2) is 9.78 Å². The molecule has 1 aromatic carbocycles. The van der Waals surface area contributed by atoms with Crippen LogP contribution in [0.5, 0.6) is 0 Å². The van der Waals surface area contributed by atoms with Gasteiger partial charge < -0.3 is 10.6 Å². The number of carbonyl (C=O) groups excluding carboxylic acids is 2. The number of benzene rings is 1. The van der Waals surface area contributed by atoms with E-state index in [0.717, 1.165) is 11.1 Å². The molecule has 2 aromatic heterocycles. The molecule has 3 rings (SSSR count). The molecule has 2 N–H and O–H groups in total. The lowest BCUT2D eigenvalue weighted by atomic mass is 10.1. The van der Waals surface area contributed by atoms with E-state index in [1.807, 2.05) is 31.2 Å². The van der Waals surface area contributed by atoms with Crippen LogP contribution in [-0.4, -0.2) is 25.9 Å². The molecule has 0 fully saturated rings. The molecule has 3 aromatic rings. The number of carbonyl (C=O) groups is 2. The molecular formula is C20H23N5O3. The summed E-state index contributed by atoms with van der Waals surface area (Å²) in [5.74, 6) is -0.151. The van der Waals surface area contributed by atoms with Crippen LogP contribution < -0.4 is 16.3 Å². The fourth-order valence-corrected chi connectivity index (χ4v) is 2.87. The summed E-state index contributed by atoms with van der Waals surface area (Å²) in [5, 5.41) is 5.47. The number of hydrogen-bond acceptors (Lipinski definition) is 4. The van der Waals surface area contributed by atoms with Gasteiger partial charge in [0.2, 0.25) is 11.8 Å². The summed E-state index contributed by atoms with van der Waals surface area (Å²) in [5.41, 5.74) is 3.15. The Morgan fingerprint density at radius 2 is 1.64 bits per heavy atom. The van der Waals surface area contributed by atoms with E-state index in [0.29, 0.717) is 23.5 Å². The minimum absolute atomic E-state index is 0.0488. The second kappa shape index (κ2) is 8.08. The van der Waals surface area contributed by atoms with Crippen molar-refractivity contribution in [2.45, 2.75) is 26.3 Å². The van der Waals surface area contributed by atoms with Crippen molar-refractivity contribution in [3.8, 4) is 0 Å². The highest BCUT2D eigenvalue weighted by atomic mass is 16.2. The number of imidazole rings is 1. The molecule has 2 amide bonds. The molecule has 0 saturated heterocycles. The van der Waals surface area contributed by atoms with E-state index in [2.05, 4.69) is 15.6 Å². The third-order valence-electron chi connectivity index (χ3n) is 4.56. The fraction of sp³-hybridized carbons (Fsp3) is 0.300. The van der Waals surface area contributed by atoms with Gasteiger partial charge >= 0.3 is 5.69 Å². The minimum atomic E-state index is -0.307. The highest BCUT2D eigenvalue weighted by molar-refractivity contribution is 5.93. The van der Waals surface area contributed by atoms with E-state index in [1.54, 1.807) is 26.2 Å². The van der Waals surface area contributed by atoms with Gasteiger partial charge in [-0.15, -0.1) is 0 Å². The first-order valence-electron chi connectivity index (χ1n) is 8.99. The first-order chi connectivity index (χ1) is 13.3. The second-order valence-corrected chi connectivity index (χ2v) is 6.75. The molecule has 0 atom stereocenters. The van der Waals surface area contributed by atoms with Gasteiger partial charge in [-0.2, -0.15) is 0 Å². The highest BCUT2D eigenvalue weighted by Gasteiger charge is 2.12. The molecule has 8 nitrogen and oxygen atoms in total. The van der Waals surface area contributed by atoms with Crippen molar-refractivity contribution >= 4 is 28.8 Å². The summed E-state index contributed by atoms with van der Waals surface area (Å²) >= 11 is 0. The Morgan fingerprint density at radius 3 is 2.36 bits per heavy atom. The molecule has 0 radical (unpaired) electrons. The maximum absolute atomic E-state index is 12.1. The summed E-state index contributed by atoms with van der Waals surface area (Å²) in [6.45, 7) is 2.44. The van der Waals surface area contributed by atoms with Crippen LogP contribution in [0.4, 0.5) is 5.82 Å². The summed E-state index contributed by atoms with van der Waals surface area (Å²) in [4.78, 5) is 40.3. The van der Waals surface area contributed by atoms with Crippen molar-refractivity contribution in [1.82, 2.24) is 19.4 Å². The highest BCUT2D eigenvalue weighted by Crippen LogP contribution is 2.13. The van der Waals surface area contributed by atoms with Crippen molar-refractivity contribution in [2.75, 3.05) is 5.32 Å². The molecule has 0 spiro atoms. The van der Waals surface area contributed by atoms with E-state index in [-0.39, 0.29) is 30.3 Å². The molecular weight excluding hydrogens is 358 g/mol. The van der Waals surface area contributed by atoms with Gasteiger partial charge in [0.05, 0.1) is 5.52 Å². The molecule has 0 aliphatic rings. The third kappa shape index (κ3) is 4.28. The number of nitrogens with one attached hydrogen (secondary N) is 2. The molecule has 8 heteroatoms. The molecule has 0 saturated carbocycles.